The topological polar surface area (TPSA) is 112 Å². The summed E-state index contributed by atoms with van der Waals surface area (Å²) in [5.74, 6) is -0.473. The standard InChI is InChI=1S/C21H11FN8S/c22-16-15-12-8-25-17(16)9-5-10(7-23-6-9)26-14-2-1-13(31-14)11-3-4-24-20-18(11)27-21(28-20)19(15)30-29-12/h1-8,26,29-30H. The van der Waals surface area contributed by atoms with E-state index < -0.39 is 5.82 Å². The summed E-state index contributed by atoms with van der Waals surface area (Å²) in [4.78, 5) is 26.5. The largest absolute Gasteiger partial charge is 0.346 e. The molecule has 5 aromatic rings. The van der Waals surface area contributed by atoms with E-state index in [0.29, 0.717) is 39.0 Å². The number of rotatable bonds is 0. The predicted octanol–water partition coefficient (Wildman–Crippen LogP) is 4.84. The van der Waals surface area contributed by atoms with E-state index in [4.69, 9.17) is 4.98 Å². The van der Waals surface area contributed by atoms with Gasteiger partial charge in [-0.15, -0.1) is 11.3 Å². The summed E-state index contributed by atoms with van der Waals surface area (Å²) in [6, 6.07) is 7.77. The van der Waals surface area contributed by atoms with Crippen LogP contribution in [-0.4, -0.2) is 40.1 Å². The molecule has 0 fully saturated rings. The Bertz CT molecular complexity index is 1820. The highest BCUT2D eigenvalue weighted by atomic mass is 32.1. The number of fused-ring (bicyclic) bond motifs is 9. The lowest BCUT2D eigenvalue weighted by Gasteiger charge is -2.01. The Labute approximate surface area is 175 Å². The number of hydrogen-bond acceptors (Lipinski definition) is 6. The van der Waals surface area contributed by atoms with Gasteiger partial charge in [-0.05, 0) is 24.3 Å². The average Bonchev–Trinajstić information content (AvgIpc) is 3.51. The van der Waals surface area contributed by atoms with Crippen molar-refractivity contribution in [3.8, 4) is 11.3 Å². The van der Waals surface area contributed by atoms with Gasteiger partial charge in [-0.2, -0.15) is 0 Å². The first-order valence-corrected chi connectivity index (χ1v) is 10.3. The number of H-pyrrole nitrogens is 3. The summed E-state index contributed by atoms with van der Waals surface area (Å²) >= 11 is 1.58. The molecular weight excluding hydrogens is 415 g/mol. The fraction of sp³-hybridized carbons (Fsp3) is 0. The van der Waals surface area contributed by atoms with Gasteiger partial charge in [0.15, 0.2) is 17.1 Å². The van der Waals surface area contributed by atoms with Crippen LogP contribution < -0.4 is 0 Å². The van der Waals surface area contributed by atoms with Gasteiger partial charge in [0.25, 0.3) is 0 Å². The van der Waals surface area contributed by atoms with Crippen molar-refractivity contribution < 1.29 is 4.39 Å². The highest BCUT2D eigenvalue weighted by molar-refractivity contribution is 7.23. The smallest absolute Gasteiger partial charge is 0.181 e. The molecule has 2 aliphatic heterocycles. The van der Waals surface area contributed by atoms with Crippen molar-refractivity contribution in [1.82, 2.24) is 40.1 Å². The summed E-state index contributed by atoms with van der Waals surface area (Å²) in [5.41, 5.74) is 3.81. The number of aromatic nitrogens is 8. The summed E-state index contributed by atoms with van der Waals surface area (Å²) < 4.78 is 16.7. The molecule has 2 aliphatic rings. The first kappa shape index (κ1) is 16.6. The molecule has 7 heterocycles. The van der Waals surface area contributed by atoms with Gasteiger partial charge in [0.2, 0.25) is 0 Å². The molecule has 148 valence electrons. The van der Waals surface area contributed by atoms with Crippen LogP contribution in [0.15, 0.2) is 49.1 Å². The Morgan fingerprint density at radius 1 is 0.903 bits per heavy atom. The zero-order valence-corrected chi connectivity index (χ0v) is 16.5. The third-order valence-corrected chi connectivity index (χ3v) is 6.33. The van der Waals surface area contributed by atoms with Crippen LogP contribution in [0, 0.1) is 5.82 Å². The van der Waals surface area contributed by atoms with E-state index in [2.05, 4.69) is 35.1 Å². The summed E-state index contributed by atoms with van der Waals surface area (Å²) in [7, 11) is 0. The van der Waals surface area contributed by atoms with Gasteiger partial charge in [-0.1, -0.05) is 0 Å². The van der Waals surface area contributed by atoms with Gasteiger partial charge in [-0.25, -0.2) is 19.3 Å². The number of thiophene rings is 1. The first-order valence-electron chi connectivity index (χ1n) is 9.45. The van der Waals surface area contributed by atoms with E-state index in [9.17, 15) is 0 Å². The maximum atomic E-state index is 15.7. The molecule has 0 radical (unpaired) electrons. The van der Waals surface area contributed by atoms with Crippen LogP contribution in [0.5, 0.6) is 0 Å². The van der Waals surface area contributed by atoms with Gasteiger partial charge < -0.3 is 4.98 Å². The Kier molecular flexibility index (Phi) is 3.17. The minimum atomic E-state index is -0.473. The van der Waals surface area contributed by atoms with E-state index in [1.807, 2.05) is 24.3 Å². The normalized spacial score (nSPS) is 12.0. The summed E-state index contributed by atoms with van der Waals surface area (Å²) in [6.45, 7) is 0. The molecule has 10 heteroatoms. The van der Waals surface area contributed by atoms with Gasteiger partial charge in [0, 0.05) is 27.9 Å². The Morgan fingerprint density at radius 3 is 2.84 bits per heavy atom. The molecule has 0 saturated carbocycles. The fourth-order valence-corrected chi connectivity index (χ4v) is 4.85. The second-order valence-electron chi connectivity index (χ2n) is 7.16. The number of nitrogens with zero attached hydrogens (tertiary/aromatic N) is 5. The molecule has 3 N–H and O–H groups in total. The lowest BCUT2D eigenvalue weighted by atomic mass is 10.1. The Morgan fingerprint density at radius 2 is 1.87 bits per heavy atom. The predicted molar refractivity (Wildman–Crippen MR) is 118 cm³/mol. The zero-order valence-electron chi connectivity index (χ0n) is 15.6. The molecule has 8 bridgehead atoms. The van der Waals surface area contributed by atoms with Crippen molar-refractivity contribution in [3.63, 3.8) is 0 Å². The molecule has 31 heavy (non-hydrogen) atoms. The second kappa shape index (κ2) is 5.92. The van der Waals surface area contributed by atoms with Gasteiger partial charge >= 0.3 is 0 Å². The molecule has 8 nitrogen and oxygen atoms in total. The molecule has 0 aliphatic carbocycles. The SMILES string of the molecule is Fc1c2c3cnc1c1cncc(c1)[nH]c1ccc(s1)c1ccnc4nc(nc41)c-2[nH][nH]3. The molecule has 0 unspecified atom stereocenters. The highest BCUT2D eigenvalue weighted by Crippen LogP contribution is 2.33. The van der Waals surface area contributed by atoms with Crippen molar-refractivity contribution in [2.45, 2.75) is 0 Å². The highest BCUT2D eigenvalue weighted by Gasteiger charge is 2.20. The number of pyridine rings is 3. The Hall–Kier alpha value is -4.18. The maximum absolute atomic E-state index is 15.7. The van der Waals surface area contributed by atoms with Crippen molar-refractivity contribution in [2.24, 2.45) is 0 Å². The minimum absolute atomic E-state index is 0.203. The number of imidazole rings is 1. The lowest BCUT2D eigenvalue weighted by molar-refractivity contribution is 0.641. The number of halogens is 1. The minimum Gasteiger partial charge on any atom is -0.346 e. The quantitative estimate of drug-likeness (QED) is 0.321. The van der Waals surface area contributed by atoms with E-state index in [0.717, 1.165) is 20.4 Å². The van der Waals surface area contributed by atoms with E-state index in [-0.39, 0.29) is 5.52 Å². The van der Waals surface area contributed by atoms with E-state index >= 15 is 4.39 Å². The van der Waals surface area contributed by atoms with Crippen molar-refractivity contribution in [1.29, 1.82) is 0 Å². The van der Waals surface area contributed by atoms with Crippen LogP contribution in [0.1, 0.15) is 0 Å². The zero-order chi connectivity index (χ0) is 20.5. The lowest BCUT2D eigenvalue weighted by Crippen LogP contribution is -1.90. The van der Waals surface area contributed by atoms with E-state index in [1.165, 1.54) is 0 Å². The van der Waals surface area contributed by atoms with Gasteiger partial charge in [0.1, 0.15) is 16.7 Å². The number of aromatic amines is 3. The van der Waals surface area contributed by atoms with Crippen LogP contribution in [0.3, 0.4) is 0 Å². The van der Waals surface area contributed by atoms with E-state index in [1.54, 1.807) is 36.1 Å². The molecule has 0 amide bonds. The maximum Gasteiger partial charge on any atom is 0.181 e. The van der Waals surface area contributed by atoms with Crippen LogP contribution in [0.25, 0.3) is 64.9 Å². The van der Waals surface area contributed by atoms with Gasteiger partial charge in [0.05, 0.1) is 33.8 Å². The first-order chi connectivity index (χ1) is 15.2. The summed E-state index contributed by atoms with van der Waals surface area (Å²) in [5, 5.41) is 7.45. The fourth-order valence-electron chi connectivity index (χ4n) is 3.89. The molecular formula is C21H11FN8S. The summed E-state index contributed by atoms with van der Waals surface area (Å²) in [6.07, 6.45) is 6.59. The van der Waals surface area contributed by atoms with Crippen molar-refractivity contribution in [2.75, 3.05) is 0 Å². The third kappa shape index (κ3) is 2.36. The number of nitrogens with one attached hydrogen (secondary N) is 3. The van der Waals surface area contributed by atoms with Crippen LogP contribution in [-0.2, 0) is 0 Å². The van der Waals surface area contributed by atoms with Crippen LogP contribution in [0.2, 0.25) is 0 Å². The number of hydrogen-bond donors (Lipinski definition) is 3. The monoisotopic (exact) mass is 426 g/mol. The third-order valence-electron chi connectivity index (χ3n) is 5.30. The second-order valence-corrected chi connectivity index (χ2v) is 8.25. The molecule has 7 rings (SSSR count). The average molecular weight is 426 g/mol. The molecule has 0 atom stereocenters. The van der Waals surface area contributed by atoms with Crippen molar-refractivity contribution >= 4 is 65.0 Å². The van der Waals surface area contributed by atoms with Crippen LogP contribution in [0.4, 0.5) is 4.39 Å². The Balaban J connectivity index is 1.77. The van der Waals surface area contributed by atoms with Crippen LogP contribution >= 0.6 is 11.3 Å². The van der Waals surface area contributed by atoms with Gasteiger partial charge in [-0.3, -0.25) is 20.2 Å². The molecule has 0 saturated heterocycles. The van der Waals surface area contributed by atoms with Crippen molar-refractivity contribution in [3.05, 3.63) is 54.9 Å². The molecule has 0 spiro atoms. The molecule has 5 aromatic heterocycles. The molecule has 0 aromatic carbocycles.